The minimum absolute atomic E-state index is 0.0377. The Morgan fingerprint density at radius 3 is 2.29 bits per heavy atom. The number of aryl methyl sites for hydroxylation is 1. The number of unbranched alkanes of at least 4 members (excludes halogenated alkanes) is 3. The van der Waals surface area contributed by atoms with Crippen molar-refractivity contribution in [3.63, 3.8) is 0 Å². The van der Waals surface area contributed by atoms with Gasteiger partial charge >= 0.3 is 0 Å². The van der Waals surface area contributed by atoms with Gasteiger partial charge in [0.05, 0.1) is 11.6 Å². The van der Waals surface area contributed by atoms with Crippen LogP contribution in [0.15, 0.2) is 79.1 Å². The molecule has 5 heteroatoms. The minimum Gasteiger partial charge on any atom is -0.353 e. The molecule has 162 valence electrons. The number of para-hydroxylation sites is 1. The molecule has 3 rings (SSSR count). The lowest BCUT2D eigenvalue weighted by atomic mass is 10.1. The highest BCUT2D eigenvalue weighted by Gasteiger charge is 2.09. The molecule has 0 bridgehead atoms. The van der Waals surface area contributed by atoms with Crippen LogP contribution in [0.25, 0.3) is 0 Å². The van der Waals surface area contributed by atoms with E-state index in [0.717, 1.165) is 43.5 Å². The third-order valence-electron chi connectivity index (χ3n) is 5.29. The van der Waals surface area contributed by atoms with Gasteiger partial charge in [-0.2, -0.15) is 0 Å². The maximum atomic E-state index is 12.3. The fraction of sp³-hybridized carbons (Fsp3) is 0.308. The topological polar surface area (TPSA) is 63.1 Å². The SMILES string of the molecule is CC(NC(=O)CCCCCCn1ccc(C(=O)Nc2ccccc2)c1)c1ccccc1. The number of nitrogens with zero attached hydrogens (tertiary/aromatic N) is 1. The van der Waals surface area contributed by atoms with Crippen molar-refractivity contribution in [2.45, 2.75) is 51.6 Å². The molecular formula is C26H31N3O2. The Kier molecular flexibility index (Phi) is 8.47. The lowest BCUT2D eigenvalue weighted by molar-refractivity contribution is -0.121. The van der Waals surface area contributed by atoms with E-state index in [1.54, 1.807) is 0 Å². The quantitative estimate of drug-likeness (QED) is 0.401. The van der Waals surface area contributed by atoms with Crippen molar-refractivity contribution in [1.82, 2.24) is 9.88 Å². The zero-order valence-electron chi connectivity index (χ0n) is 18.1. The van der Waals surface area contributed by atoms with Gasteiger partial charge in [0.25, 0.3) is 5.91 Å². The second kappa shape index (κ2) is 11.7. The predicted octanol–water partition coefficient (Wildman–Crippen LogP) is 5.57. The third kappa shape index (κ3) is 7.45. The van der Waals surface area contributed by atoms with Gasteiger partial charge in [0.15, 0.2) is 0 Å². The monoisotopic (exact) mass is 417 g/mol. The predicted molar refractivity (Wildman–Crippen MR) is 125 cm³/mol. The summed E-state index contributed by atoms with van der Waals surface area (Å²) in [6.07, 6.45) is 8.39. The van der Waals surface area contributed by atoms with Gasteiger partial charge in [-0.25, -0.2) is 0 Å². The number of hydrogen-bond acceptors (Lipinski definition) is 2. The van der Waals surface area contributed by atoms with E-state index in [1.807, 2.05) is 90.6 Å². The van der Waals surface area contributed by atoms with Gasteiger partial charge in [-0.1, -0.05) is 61.4 Å². The van der Waals surface area contributed by atoms with E-state index < -0.39 is 0 Å². The van der Waals surface area contributed by atoms with Crippen LogP contribution in [0.4, 0.5) is 5.69 Å². The van der Waals surface area contributed by atoms with Gasteiger partial charge in [0.2, 0.25) is 5.91 Å². The Morgan fingerprint density at radius 2 is 1.55 bits per heavy atom. The number of rotatable bonds is 11. The molecule has 31 heavy (non-hydrogen) atoms. The van der Waals surface area contributed by atoms with E-state index in [9.17, 15) is 9.59 Å². The summed E-state index contributed by atoms with van der Waals surface area (Å²) in [7, 11) is 0. The van der Waals surface area contributed by atoms with Crippen LogP contribution in [0.3, 0.4) is 0 Å². The van der Waals surface area contributed by atoms with Gasteiger partial charge < -0.3 is 15.2 Å². The molecule has 2 amide bonds. The average molecular weight is 418 g/mol. The number of carbonyl (C=O) groups is 2. The normalized spacial score (nSPS) is 11.6. The van der Waals surface area contributed by atoms with E-state index in [0.29, 0.717) is 12.0 Å². The highest BCUT2D eigenvalue weighted by atomic mass is 16.2. The Hall–Kier alpha value is -3.34. The standard InChI is InChI=1S/C26H31N3O2/c1-21(22-12-6-4-7-13-22)27-25(30)16-10-2-3-11-18-29-19-17-23(20-29)26(31)28-24-14-8-5-9-15-24/h4-9,12-15,17,19-21H,2-3,10-11,16,18H2,1H3,(H,27,30)(H,28,31). The van der Waals surface area contributed by atoms with Crippen LogP contribution in [-0.4, -0.2) is 16.4 Å². The molecule has 1 heterocycles. The molecule has 2 N–H and O–H groups in total. The fourth-order valence-corrected chi connectivity index (χ4v) is 3.51. The number of benzene rings is 2. The van der Waals surface area contributed by atoms with Crippen LogP contribution in [0.1, 0.15) is 61.0 Å². The van der Waals surface area contributed by atoms with Crippen molar-refractivity contribution in [2.75, 3.05) is 5.32 Å². The summed E-state index contributed by atoms with van der Waals surface area (Å²) in [5.41, 5.74) is 2.58. The Morgan fingerprint density at radius 1 is 0.871 bits per heavy atom. The van der Waals surface area contributed by atoms with E-state index in [1.165, 1.54) is 0 Å². The van der Waals surface area contributed by atoms with Gasteiger partial charge in [0, 0.05) is 31.0 Å². The second-order valence-corrected chi connectivity index (χ2v) is 7.82. The van der Waals surface area contributed by atoms with E-state index in [-0.39, 0.29) is 17.9 Å². The Balaban J connectivity index is 1.29. The summed E-state index contributed by atoms with van der Waals surface area (Å²) in [6, 6.07) is 21.4. The largest absolute Gasteiger partial charge is 0.353 e. The maximum absolute atomic E-state index is 12.3. The van der Waals surface area contributed by atoms with Crippen molar-refractivity contribution < 1.29 is 9.59 Å². The number of anilines is 1. The average Bonchev–Trinajstić information content (AvgIpc) is 3.26. The van der Waals surface area contributed by atoms with Crippen LogP contribution >= 0.6 is 0 Å². The molecule has 0 aliphatic carbocycles. The first-order valence-electron chi connectivity index (χ1n) is 11.0. The Labute approximate surface area is 184 Å². The minimum atomic E-state index is -0.0966. The number of amides is 2. The molecule has 0 saturated carbocycles. The van der Waals surface area contributed by atoms with Crippen LogP contribution in [0, 0.1) is 0 Å². The van der Waals surface area contributed by atoms with Crippen molar-refractivity contribution in [3.8, 4) is 0 Å². The molecule has 5 nitrogen and oxygen atoms in total. The lowest BCUT2D eigenvalue weighted by Crippen LogP contribution is -2.26. The van der Waals surface area contributed by atoms with Crippen molar-refractivity contribution in [1.29, 1.82) is 0 Å². The first kappa shape index (κ1) is 22.3. The van der Waals surface area contributed by atoms with Crippen molar-refractivity contribution >= 4 is 17.5 Å². The van der Waals surface area contributed by atoms with Crippen LogP contribution in [-0.2, 0) is 11.3 Å². The molecule has 1 atom stereocenters. The zero-order valence-corrected chi connectivity index (χ0v) is 18.1. The highest BCUT2D eigenvalue weighted by Crippen LogP contribution is 2.13. The summed E-state index contributed by atoms with van der Waals surface area (Å²) >= 11 is 0. The summed E-state index contributed by atoms with van der Waals surface area (Å²) in [5.74, 6) is 0.0107. The molecule has 1 aromatic heterocycles. The first-order chi connectivity index (χ1) is 15.1. The third-order valence-corrected chi connectivity index (χ3v) is 5.29. The van der Waals surface area contributed by atoms with Crippen molar-refractivity contribution in [3.05, 3.63) is 90.3 Å². The first-order valence-corrected chi connectivity index (χ1v) is 11.0. The van der Waals surface area contributed by atoms with Crippen LogP contribution < -0.4 is 10.6 Å². The van der Waals surface area contributed by atoms with Gasteiger partial charge in [0.1, 0.15) is 0 Å². The number of hydrogen-bond donors (Lipinski definition) is 2. The molecular weight excluding hydrogens is 386 g/mol. The van der Waals surface area contributed by atoms with Gasteiger partial charge in [-0.05, 0) is 43.5 Å². The summed E-state index contributed by atoms with van der Waals surface area (Å²) in [6.45, 7) is 2.88. The molecule has 0 aliphatic rings. The van der Waals surface area contributed by atoms with E-state index in [4.69, 9.17) is 0 Å². The maximum Gasteiger partial charge on any atom is 0.257 e. The summed E-state index contributed by atoms with van der Waals surface area (Å²) in [4.78, 5) is 24.4. The van der Waals surface area contributed by atoms with Gasteiger partial charge in [-0.15, -0.1) is 0 Å². The Bertz CT molecular complexity index is 951. The number of nitrogens with one attached hydrogen (secondary N) is 2. The molecule has 0 aliphatic heterocycles. The lowest BCUT2D eigenvalue weighted by Gasteiger charge is -2.14. The molecule has 0 saturated heterocycles. The smallest absolute Gasteiger partial charge is 0.257 e. The van der Waals surface area contributed by atoms with Gasteiger partial charge in [-0.3, -0.25) is 9.59 Å². The highest BCUT2D eigenvalue weighted by molar-refractivity contribution is 6.04. The molecule has 2 aromatic carbocycles. The molecule has 0 radical (unpaired) electrons. The number of carbonyl (C=O) groups excluding carboxylic acids is 2. The molecule has 0 fully saturated rings. The van der Waals surface area contributed by atoms with Crippen LogP contribution in [0.2, 0.25) is 0 Å². The number of aromatic nitrogens is 1. The van der Waals surface area contributed by atoms with Crippen molar-refractivity contribution in [2.24, 2.45) is 0 Å². The second-order valence-electron chi connectivity index (χ2n) is 7.82. The van der Waals surface area contributed by atoms with E-state index >= 15 is 0 Å². The van der Waals surface area contributed by atoms with E-state index in [2.05, 4.69) is 10.6 Å². The molecule has 0 spiro atoms. The van der Waals surface area contributed by atoms with Crippen LogP contribution in [0.5, 0.6) is 0 Å². The summed E-state index contributed by atoms with van der Waals surface area (Å²) in [5, 5.41) is 5.96. The fourth-order valence-electron chi connectivity index (χ4n) is 3.51. The molecule has 3 aromatic rings. The summed E-state index contributed by atoms with van der Waals surface area (Å²) < 4.78 is 2.05. The zero-order chi connectivity index (χ0) is 21.9. The molecule has 1 unspecified atom stereocenters.